The first-order chi connectivity index (χ1) is 40.0. The molecule has 0 aliphatic heterocycles. The highest BCUT2D eigenvalue weighted by atomic mass is 16.5. The molecule has 1 aromatic heterocycles. The molecule has 0 radical (unpaired) electrons. The van der Waals surface area contributed by atoms with E-state index in [4.69, 9.17) is 14.2 Å². The minimum Gasteiger partial charge on any atom is -0.424 e. The summed E-state index contributed by atoms with van der Waals surface area (Å²) in [6.45, 7) is 6.79. The van der Waals surface area contributed by atoms with E-state index in [2.05, 4.69) is 50.7 Å². The number of nitrogens with zero attached hydrogens (tertiary/aromatic N) is 6. The monoisotopic (exact) mass is 1110 g/mol. The summed E-state index contributed by atoms with van der Waals surface area (Å²) in [4.78, 5) is 60.3. The number of hydrogen-bond donors (Lipinski definition) is 0. The molecule has 0 aliphatic carbocycles. The van der Waals surface area contributed by atoms with Crippen LogP contribution >= 0.6 is 0 Å². The molecule has 4 rings (SSSR count). The largest absolute Gasteiger partial charge is 0.424 e. The van der Waals surface area contributed by atoms with Gasteiger partial charge in [-0.15, -0.1) is 15.0 Å². The lowest BCUT2D eigenvalue weighted by Gasteiger charge is -2.13. The Morgan fingerprint density at radius 3 is 0.691 bits per heavy atom. The second kappa shape index (κ2) is 45.8. The first-order valence-electron chi connectivity index (χ1n) is 32.4. The summed E-state index contributed by atoms with van der Waals surface area (Å²) < 4.78 is 19.1. The van der Waals surface area contributed by atoms with Gasteiger partial charge in [0.25, 0.3) is 0 Å². The number of aryl methyl sites for hydroxylation is 3. The van der Waals surface area contributed by atoms with Crippen molar-refractivity contribution in [2.45, 2.75) is 290 Å². The Labute approximate surface area is 488 Å². The van der Waals surface area contributed by atoms with Crippen molar-refractivity contribution in [3.05, 3.63) is 71.3 Å². The third-order valence-corrected chi connectivity index (χ3v) is 15.5. The molecule has 4 aromatic rings. The lowest BCUT2D eigenvalue weighted by molar-refractivity contribution is 0.362. The molecule has 0 aliphatic rings. The van der Waals surface area contributed by atoms with E-state index < -0.39 is 0 Å². The summed E-state index contributed by atoms with van der Waals surface area (Å²) in [7, 11) is 0. The number of unbranched alkanes of at least 4 members (excludes halogenated alkanes) is 36. The van der Waals surface area contributed by atoms with Crippen molar-refractivity contribution in [1.29, 1.82) is 0 Å². The van der Waals surface area contributed by atoms with Crippen LogP contribution in [0, 0.1) is 0 Å². The molecule has 0 amide bonds. The van der Waals surface area contributed by atoms with Crippen molar-refractivity contribution in [3.8, 4) is 35.3 Å². The normalized spacial score (nSPS) is 11.0. The molecular formula is C69H102N6O6. The van der Waals surface area contributed by atoms with Crippen LogP contribution < -0.4 is 14.2 Å². The van der Waals surface area contributed by atoms with Gasteiger partial charge in [-0.1, -0.05) is 252 Å². The summed E-state index contributed by atoms with van der Waals surface area (Å²) in [6, 6.07) is 15.8. The Kier molecular flexibility index (Phi) is 38.3. The SMILES string of the molecule is CCCCCCCCCCCCCCCc1cc(Oc2nc(Oc3ccc(N=C=O)c(CCCCCCCCCCCCCCC)c3)nc(Oc3ccc(N=C=O)c(CCCCCCCCCCCCCCC)c3)n2)ccc1N=C=O. The van der Waals surface area contributed by atoms with Gasteiger partial charge in [-0.3, -0.25) is 0 Å². The van der Waals surface area contributed by atoms with Crippen LogP contribution in [0.2, 0.25) is 0 Å². The molecule has 0 atom stereocenters. The molecular weight excluding hydrogens is 1010 g/mol. The van der Waals surface area contributed by atoms with Crippen LogP contribution in [0.3, 0.4) is 0 Å². The highest BCUT2D eigenvalue weighted by molar-refractivity contribution is 5.58. The molecule has 0 unspecified atom stereocenters. The standard InChI is InChI=1S/C69H102N6O6/c1-4-7-10-13-16-19-22-25-28-31-34-37-40-43-58-52-61(46-49-64(58)70-55-76)79-67-73-68(80-62-47-50-65(71-56-77)59(53-62)44-41-38-35-32-29-26-23-20-17-14-11-8-5-2)75-69(74-67)81-63-48-51-66(72-57-78)60(54-63)45-42-39-36-33-30-27-24-21-18-15-12-9-6-3/h46-54H,4-45H2,1-3H3. The van der Waals surface area contributed by atoms with Gasteiger partial charge in [0.1, 0.15) is 17.2 Å². The highest BCUT2D eigenvalue weighted by Gasteiger charge is 2.17. The second-order valence-corrected chi connectivity index (χ2v) is 22.4. The number of aliphatic imine (C=N–C) groups is 3. The van der Waals surface area contributed by atoms with E-state index in [1.54, 1.807) is 54.6 Å². The van der Waals surface area contributed by atoms with E-state index in [0.29, 0.717) is 53.6 Å². The summed E-state index contributed by atoms with van der Waals surface area (Å²) in [5.74, 6) is 1.33. The first-order valence-corrected chi connectivity index (χ1v) is 32.4. The smallest absolute Gasteiger partial charge is 0.331 e. The molecule has 12 heteroatoms. The van der Waals surface area contributed by atoms with Crippen LogP contribution in [0.15, 0.2) is 69.6 Å². The van der Waals surface area contributed by atoms with Crippen molar-refractivity contribution >= 4 is 35.3 Å². The summed E-state index contributed by atoms with van der Waals surface area (Å²) in [5, 5.41) is 0. The first kappa shape index (κ1) is 67.7. The number of ether oxygens (including phenoxy) is 3. The quantitative estimate of drug-likeness (QED) is 0.0239. The lowest BCUT2D eigenvalue weighted by Crippen LogP contribution is -2.02. The average molecular weight is 1110 g/mol. The van der Waals surface area contributed by atoms with E-state index in [1.165, 1.54) is 193 Å². The maximum absolute atomic E-state index is 11.5. The van der Waals surface area contributed by atoms with Crippen molar-refractivity contribution < 1.29 is 28.6 Å². The fraction of sp³-hybridized carbons (Fsp3) is 0.652. The van der Waals surface area contributed by atoms with Crippen LogP contribution in [0.5, 0.6) is 35.3 Å². The van der Waals surface area contributed by atoms with Crippen LogP contribution in [0.25, 0.3) is 0 Å². The van der Waals surface area contributed by atoms with E-state index in [9.17, 15) is 14.4 Å². The maximum Gasteiger partial charge on any atom is 0.331 e. The molecule has 0 saturated carbocycles. The van der Waals surface area contributed by atoms with Gasteiger partial charge in [0, 0.05) is 0 Å². The number of isocyanates is 3. The van der Waals surface area contributed by atoms with Crippen molar-refractivity contribution in [1.82, 2.24) is 15.0 Å². The zero-order valence-corrected chi connectivity index (χ0v) is 50.5. The Morgan fingerprint density at radius 1 is 0.296 bits per heavy atom. The van der Waals surface area contributed by atoms with Crippen LogP contribution in [0.4, 0.5) is 17.1 Å². The van der Waals surface area contributed by atoms with Gasteiger partial charge in [-0.2, -0.15) is 15.0 Å². The zero-order valence-electron chi connectivity index (χ0n) is 50.5. The predicted octanol–water partition coefficient (Wildman–Crippen LogP) is 22.1. The number of rotatable bonds is 51. The fourth-order valence-corrected chi connectivity index (χ4v) is 10.7. The van der Waals surface area contributed by atoms with E-state index >= 15 is 0 Å². The van der Waals surface area contributed by atoms with Gasteiger partial charge in [-0.05, 0) is 110 Å². The van der Waals surface area contributed by atoms with Crippen LogP contribution in [-0.4, -0.2) is 33.2 Å². The van der Waals surface area contributed by atoms with E-state index in [1.807, 2.05) is 18.2 Å². The number of benzene rings is 3. The number of aromatic nitrogens is 3. The molecule has 1 heterocycles. The Balaban J connectivity index is 1.46. The minimum atomic E-state index is -0.0720. The molecule has 0 spiro atoms. The molecule has 3 aromatic carbocycles. The van der Waals surface area contributed by atoms with Crippen molar-refractivity contribution in [3.63, 3.8) is 0 Å². The lowest BCUT2D eigenvalue weighted by atomic mass is 10.0. The molecule has 81 heavy (non-hydrogen) atoms. The van der Waals surface area contributed by atoms with Crippen molar-refractivity contribution in [2.75, 3.05) is 0 Å². The van der Waals surface area contributed by atoms with Gasteiger partial charge in [-0.25, -0.2) is 14.4 Å². The third-order valence-electron chi connectivity index (χ3n) is 15.5. The zero-order chi connectivity index (χ0) is 57.5. The molecule has 0 N–H and O–H groups in total. The molecule has 0 bridgehead atoms. The third kappa shape index (κ3) is 31.3. The summed E-state index contributed by atoms with van der Waals surface area (Å²) >= 11 is 0. The Bertz CT molecular complexity index is 2170. The van der Waals surface area contributed by atoms with Gasteiger partial charge in [0.05, 0.1) is 17.1 Å². The fourth-order valence-electron chi connectivity index (χ4n) is 10.7. The predicted molar refractivity (Wildman–Crippen MR) is 331 cm³/mol. The van der Waals surface area contributed by atoms with Crippen molar-refractivity contribution in [2.24, 2.45) is 15.0 Å². The van der Waals surface area contributed by atoms with E-state index in [0.717, 1.165) is 74.5 Å². The molecule has 0 saturated heterocycles. The van der Waals surface area contributed by atoms with Gasteiger partial charge < -0.3 is 14.2 Å². The highest BCUT2D eigenvalue weighted by Crippen LogP contribution is 2.34. The maximum atomic E-state index is 11.5. The molecule has 444 valence electrons. The van der Waals surface area contributed by atoms with E-state index in [-0.39, 0.29) is 18.0 Å². The number of hydrogen-bond acceptors (Lipinski definition) is 12. The topological polar surface area (TPSA) is 155 Å². The molecule has 12 nitrogen and oxygen atoms in total. The minimum absolute atomic E-state index is 0.0720. The number of carbonyl (C=O) groups excluding carboxylic acids is 3. The summed E-state index contributed by atoms with van der Waals surface area (Å²) in [5.41, 5.74) is 4.24. The van der Waals surface area contributed by atoms with Crippen LogP contribution in [-0.2, 0) is 33.6 Å². The summed E-state index contributed by atoms with van der Waals surface area (Å²) in [6.07, 6.45) is 56.4. The van der Waals surface area contributed by atoms with Gasteiger partial charge in [0.15, 0.2) is 0 Å². The van der Waals surface area contributed by atoms with Gasteiger partial charge in [0.2, 0.25) is 18.2 Å². The Hall–Kier alpha value is -5.79. The van der Waals surface area contributed by atoms with Gasteiger partial charge >= 0.3 is 18.0 Å². The molecule has 0 fully saturated rings. The average Bonchev–Trinajstić information content (AvgIpc) is 3.48. The Morgan fingerprint density at radius 2 is 0.494 bits per heavy atom. The van der Waals surface area contributed by atoms with Crippen LogP contribution in [0.1, 0.15) is 288 Å². The second-order valence-electron chi connectivity index (χ2n) is 22.4.